The minimum atomic E-state index is -1.08. The van der Waals surface area contributed by atoms with Crippen molar-refractivity contribution in [1.82, 2.24) is 5.32 Å². The molecule has 0 saturated heterocycles. The highest BCUT2D eigenvalue weighted by molar-refractivity contribution is 5.81. The van der Waals surface area contributed by atoms with Crippen LogP contribution in [-0.4, -0.2) is 37.7 Å². The van der Waals surface area contributed by atoms with Crippen LogP contribution >= 0.6 is 0 Å². The van der Waals surface area contributed by atoms with E-state index in [9.17, 15) is 19.1 Å². The third-order valence-corrected chi connectivity index (χ3v) is 4.49. The van der Waals surface area contributed by atoms with Crippen LogP contribution in [0, 0.1) is 11.7 Å². The summed E-state index contributed by atoms with van der Waals surface area (Å²) in [5.41, 5.74) is 1.33. The number of ether oxygens (including phenoxy) is 2. The molecule has 2 N–H and O–H groups in total. The van der Waals surface area contributed by atoms with Crippen molar-refractivity contribution in [2.45, 2.75) is 19.3 Å². The highest BCUT2D eigenvalue weighted by Crippen LogP contribution is 2.28. The molecule has 0 aliphatic heterocycles. The van der Waals surface area contributed by atoms with Crippen LogP contribution in [0.5, 0.6) is 11.5 Å². The van der Waals surface area contributed by atoms with Crippen LogP contribution in [0.25, 0.3) is 0 Å². The van der Waals surface area contributed by atoms with E-state index >= 15 is 0 Å². The van der Waals surface area contributed by atoms with E-state index in [0.29, 0.717) is 23.5 Å². The maximum Gasteiger partial charge on any atom is 0.312 e. The Morgan fingerprint density at radius 2 is 1.71 bits per heavy atom. The number of rotatable bonds is 9. The first-order valence-electron chi connectivity index (χ1n) is 8.82. The molecule has 0 saturated carbocycles. The molecule has 2 rings (SSSR count). The second-order valence-electron chi connectivity index (χ2n) is 6.48. The van der Waals surface area contributed by atoms with Gasteiger partial charge in [0.25, 0.3) is 0 Å². The Balaban J connectivity index is 1.99. The quantitative estimate of drug-likeness (QED) is 0.689. The first-order chi connectivity index (χ1) is 13.3. The van der Waals surface area contributed by atoms with Crippen molar-refractivity contribution in [1.29, 1.82) is 0 Å². The molecule has 7 heteroatoms. The lowest BCUT2D eigenvalue weighted by Crippen LogP contribution is -2.35. The number of hydrogen-bond donors (Lipinski definition) is 2. The van der Waals surface area contributed by atoms with Crippen LogP contribution in [0.2, 0.25) is 0 Å². The maximum atomic E-state index is 13.0. The van der Waals surface area contributed by atoms with Crippen molar-refractivity contribution in [3.05, 3.63) is 59.4 Å². The van der Waals surface area contributed by atoms with E-state index in [0.717, 1.165) is 5.56 Å². The molecule has 6 nitrogen and oxygen atoms in total. The summed E-state index contributed by atoms with van der Waals surface area (Å²) in [5.74, 6) is -1.93. The Labute approximate surface area is 163 Å². The first-order valence-corrected chi connectivity index (χ1v) is 8.82. The van der Waals surface area contributed by atoms with Gasteiger partial charge in [0.2, 0.25) is 5.91 Å². The number of carboxylic acid groups (broad SMARTS) is 1. The number of nitrogens with one attached hydrogen (secondary N) is 1. The highest BCUT2D eigenvalue weighted by Gasteiger charge is 2.22. The Bertz CT molecular complexity index is 822. The summed E-state index contributed by atoms with van der Waals surface area (Å²) in [5, 5.41) is 12.1. The fraction of sp³-hybridized carbons (Fsp3) is 0.333. The molecule has 2 unspecified atom stereocenters. The third kappa shape index (κ3) is 5.45. The molecule has 0 bridgehead atoms. The number of benzene rings is 2. The predicted octanol–water partition coefficient (Wildman–Crippen LogP) is 3.01. The minimum Gasteiger partial charge on any atom is -0.493 e. The molecule has 0 aliphatic carbocycles. The van der Waals surface area contributed by atoms with Gasteiger partial charge < -0.3 is 19.9 Å². The van der Waals surface area contributed by atoms with Gasteiger partial charge in [-0.05, 0) is 41.8 Å². The van der Waals surface area contributed by atoms with Gasteiger partial charge in [-0.1, -0.05) is 25.1 Å². The van der Waals surface area contributed by atoms with E-state index in [2.05, 4.69) is 5.32 Å². The molecule has 2 aromatic rings. The standard InChI is InChI=1S/C21H24FNO5/c1-13(10-14-4-9-18(27-2)19(11-14)28-3)20(24)23-12-17(21(25)26)15-5-7-16(22)8-6-15/h4-9,11,13,17H,10,12H2,1-3H3,(H,23,24)(H,25,26). The second-order valence-corrected chi connectivity index (χ2v) is 6.48. The van der Waals surface area contributed by atoms with Gasteiger partial charge in [0, 0.05) is 12.5 Å². The molecule has 0 heterocycles. The molecule has 0 spiro atoms. The van der Waals surface area contributed by atoms with Crippen molar-refractivity contribution in [2.24, 2.45) is 5.92 Å². The molecular weight excluding hydrogens is 365 g/mol. The zero-order chi connectivity index (χ0) is 20.7. The van der Waals surface area contributed by atoms with Gasteiger partial charge >= 0.3 is 5.97 Å². The summed E-state index contributed by atoms with van der Waals surface area (Å²) in [6.45, 7) is 1.69. The zero-order valence-electron chi connectivity index (χ0n) is 16.1. The summed E-state index contributed by atoms with van der Waals surface area (Å²) in [6.07, 6.45) is 0.459. The number of aliphatic carboxylic acids is 1. The summed E-state index contributed by atoms with van der Waals surface area (Å²) < 4.78 is 23.5. The van der Waals surface area contributed by atoms with Gasteiger partial charge in [-0.2, -0.15) is 0 Å². The van der Waals surface area contributed by atoms with E-state index < -0.39 is 17.7 Å². The predicted molar refractivity (Wildman–Crippen MR) is 102 cm³/mol. The minimum absolute atomic E-state index is 0.0733. The number of carboxylic acids is 1. The molecule has 150 valence electrons. The number of carbonyl (C=O) groups excluding carboxylic acids is 1. The van der Waals surface area contributed by atoms with Gasteiger partial charge in [-0.3, -0.25) is 9.59 Å². The largest absolute Gasteiger partial charge is 0.493 e. The number of methoxy groups -OCH3 is 2. The van der Waals surface area contributed by atoms with Crippen LogP contribution in [0.4, 0.5) is 4.39 Å². The van der Waals surface area contributed by atoms with Gasteiger partial charge in [0.15, 0.2) is 11.5 Å². The normalized spacial score (nSPS) is 12.7. The fourth-order valence-corrected chi connectivity index (χ4v) is 2.87. The van der Waals surface area contributed by atoms with E-state index in [1.54, 1.807) is 33.3 Å². The van der Waals surface area contributed by atoms with E-state index in [4.69, 9.17) is 9.47 Å². The Morgan fingerprint density at radius 3 is 2.29 bits per heavy atom. The van der Waals surface area contributed by atoms with Crippen molar-refractivity contribution in [3.63, 3.8) is 0 Å². The van der Waals surface area contributed by atoms with Crippen LogP contribution < -0.4 is 14.8 Å². The number of hydrogen-bond acceptors (Lipinski definition) is 4. The van der Waals surface area contributed by atoms with E-state index in [-0.39, 0.29) is 18.4 Å². The number of carbonyl (C=O) groups is 2. The summed E-state index contributed by atoms with van der Waals surface area (Å²) in [7, 11) is 3.09. The second kappa shape index (κ2) is 9.73. The Hall–Kier alpha value is -3.09. The van der Waals surface area contributed by atoms with Crippen molar-refractivity contribution in [2.75, 3.05) is 20.8 Å². The van der Waals surface area contributed by atoms with Gasteiger partial charge in [-0.25, -0.2) is 4.39 Å². The van der Waals surface area contributed by atoms with Gasteiger partial charge in [0.05, 0.1) is 20.1 Å². The molecule has 0 fully saturated rings. The van der Waals surface area contributed by atoms with Crippen LogP contribution in [0.3, 0.4) is 0 Å². The number of amides is 1. The molecular formula is C21H24FNO5. The highest BCUT2D eigenvalue weighted by atomic mass is 19.1. The lowest BCUT2D eigenvalue weighted by molar-refractivity contribution is -0.138. The lowest BCUT2D eigenvalue weighted by Gasteiger charge is -2.17. The van der Waals surface area contributed by atoms with Crippen molar-refractivity contribution in [3.8, 4) is 11.5 Å². The monoisotopic (exact) mass is 389 g/mol. The third-order valence-electron chi connectivity index (χ3n) is 4.49. The van der Waals surface area contributed by atoms with Crippen molar-refractivity contribution >= 4 is 11.9 Å². The smallest absolute Gasteiger partial charge is 0.312 e. The van der Waals surface area contributed by atoms with Gasteiger partial charge in [-0.15, -0.1) is 0 Å². The molecule has 1 amide bonds. The topological polar surface area (TPSA) is 84.9 Å². The first kappa shape index (κ1) is 21.2. The average molecular weight is 389 g/mol. The SMILES string of the molecule is COc1ccc(CC(C)C(=O)NCC(C(=O)O)c2ccc(F)cc2)cc1OC. The maximum absolute atomic E-state index is 13.0. The summed E-state index contributed by atoms with van der Waals surface area (Å²) in [4.78, 5) is 23.9. The Kier molecular flexibility index (Phi) is 7.37. The van der Waals surface area contributed by atoms with E-state index in [1.807, 2.05) is 6.07 Å². The van der Waals surface area contributed by atoms with Crippen molar-refractivity contribution < 1.29 is 28.6 Å². The molecule has 0 aliphatic rings. The molecule has 0 radical (unpaired) electrons. The van der Waals surface area contributed by atoms with Crippen LogP contribution in [0.15, 0.2) is 42.5 Å². The average Bonchev–Trinajstić information content (AvgIpc) is 2.68. The fourth-order valence-electron chi connectivity index (χ4n) is 2.87. The number of halogens is 1. The molecule has 2 atom stereocenters. The Morgan fingerprint density at radius 1 is 1.07 bits per heavy atom. The van der Waals surface area contributed by atoms with E-state index in [1.165, 1.54) is 24.3 Å². The van der Waals surface area contributed by atoms with Gasteiger partial charge in [0.1, 0.15) is 5.82 Å². The molecule has 28 heavy (non-hydrogen) atoms. The summed E-state index contributed by atoms with van der Waals surface area (Å²) >= 11 is 0. The molecule has 0 aromatic heterocycles. The van der Waals surface area contributed by atoms with Crippen LogP contribution in [0.1, 0.15) is 24.0 Å². The van der Waals surface area contributed by atoms with Crippen LogP contribution in [-0.2, 0) is 16.0 Å². The lowest BCUT2D eigenvalue weighted by atomic mass is 9.97. The zero-order valence-corrected chi connectivity index (χ0v) is 16.1. The molecule has 2 aromatic carbocycles. The summed E-state index contributed by atoms with van der Waals surface area (Å²) in [6, 6.07) is 10.7.